The second-order valence-corrected chi connectivity index (χ2v) is 4.43. The van der Waals surface area contributed by atoms with Crippen molar-refractivity contribution in [2.75, 3.05) is 13.1 Å². The first-order valence-corrected chi connectivity index (χ1v) is 5.73. The average molecular weight is 439 g/mol. The Morgan fingerprint density at radius 2 is 1.67 bits per heavy atom. The van der Waals surface area contributed by atoms with Gasteiger partial charge in [-0.1, -0.05) is 13.3 Å². The standard InChI is InChI=1S/C6H8O4.C5H14N2.Pt/c7-4(8)6(5(9)10)2-1-3-6;1-5(4-7)2-3-6;/h1-3H2,(H,7,8)(H,9,10);5H,2-4,6-7H2,1H3;/q;;+2/p-2/t;5-;/m.1./s1. The Morgan fingerprint density at radius 3 is 1.72 bits per heavy atom. The molecule has 0 bridgehead atoms. The van der Waals surface area contributed by atoms with Gasteiger partial charge in [-0.05, 0) is 38.3 Å². The van der Waals surface area contributed by atoms with Crippen molar-refractivity contribution in [1.29, 1.82) is 0 Å². The summed E-state index contributed by atoms with van der Waals surface area (Å²) in [4.78, 5) is 20.4. The second kappa shape index (κ2) is 9.47. The second-order valence-electron chi connectivity index (χ2n) is 4.43. The van der Waals surface area contributed by atoms with Crippen molar-refractivity contribution in [1.82, 2.24) is 0 Å². The predicted molar refractivity (Wildman–Crippen MR) is 58.2 cm³/mol. The van der Waals surface area contributed by atoms with Gasteiger partial charge >= 0.3 is 21.1 Å². The quantitative estimate of drug-likeness (QED) is 0.459. The minimum Gasteiger partial charge on any atom is -0.549 e. The topological polar surface area (TPSA) is 132 Å². The van der Waals surface area contributed by atoms with Crippen LogP contribution in [0.1, 0.15) is 32.6 Å². The Morgan fingerprint density at radius 1 is 1.22 bits per heavy atom. The van der Waals surface area contributed by atoms with Gasteiger partial charge in [0.05, 0.1) is 11.9 Å². The number of carboxylic acid groups (broad SMARTS) is 2. The zero-order chi connectivity index (χ0) is 13.5. The van der Waals surface area contributed by atoms with E-state index in [4.69, 9.17) is 11.5 Å². The van der Waals surface area contributed by atoms with Crippen LogP contribution < -0.4 is 21.7 Å². The Hall–Kier alpha value is -0.452. The molecule has 4 N–H and O–H groups in total. The van der Waals surface area contributed by atoms with Gasteiger partial charge in [-0.2, -0.15) is 0 Å². The van der Waals surface area contributed by atoms with Gasteiger partial charge in [0.25, 0.3) is 0 Å². The normalized spacial score (nSPS) is 17.3. The molecule has 1 aliphatic rings. The zero-order valence-electron chi connectivity index (χ0n) is 10.4. The van der Waals surface area contributed by atoms with E-state index >= 15 is 0 Å². The van der Waals surface area contributed by atoms with Crippen LogP contribution in [-0.4, -0.2) is 25.0 Å². The molecule has 0 aromatic carbocycles. The summed E-state index contributed by atoms with van der Waals surface area (Å²) in [6, 6.07) is 0. The molecule has 0 saturated heterocycles. The van der Waals surface area contributed by atoms with Crippen molar-refractivity contribution in [3.8, 4) is 0 Å². The number of hydrogen-bond acceptors (Lipinski definition) is 6. The van der Waals surface area contributed by atoms with E-state index in [1.54, 1.807) is 0 Å². The third-order valence-electron chi connectivity index (χ3n) is 3.05. The van der Waals surface area contributed by atoms with Crippen molar-refractivity contribution in [2.24, 2.45) is 22.8 Å². The van der Waals surface area contributed by atoms with E-state index in [1.165, 1.54) is 0 Å². The molecule has 0 aromatic heterocycles. The van der Waals surface area contributed by atoms with Crippen LogP contribution in [0.3, 0.4) is 0 Å². The van der Waals surface area contributed by atoms with Gasteiger partial charge in [-0.25, -0.2) is 0 Å². The molecule has 108 valence electrons. The van der Waals surface area contributed by atoms with E-state index < -0.39 is 17.4 Å². The van der Waals surface area contributed by atoms with Crippen molar-refractivity contribution in [3.63, 3.8) is 0 Å². The fraction of sp³-hybridized carbons (Fsp3) is 0.818. The molecule has 1 atom stereocenters. The first-order chi connectivity index (χ1) is 7.90. The van der Waals surface area contributed by atoms with Gasteiger partial charge in [0.1, 0.15) is 0 Å². The van der Waals surface area contributed by atoms with Gasteiger partial charge in [0.2, 0.25) is 0 Å². The molecule has 1 saturated carbocycles. The Labute approximate surface area is 121 Å². The first kappa shape index (κ1) is 19.9. The van der Waals surface area contributed by atoms with Gasteiger partial charge in [-0.15, -0.1) is 0 Å². The smallest absolute Gasteiger partial charge is 0.549 e. The monoisotopic (exact) mass is 439 g/mol. The largest absolute Gasteiger partial charge is 2.00 e. The molecule has 0 aromatic rings. The summed E-state index contributed by atoms with van der Waals surface area (Å²) in [6.45, 7) is 3.63. The summed E-state index contributed by atoms with van der Waals surface area (Å²) >= 11 is 0. The SMILES string of the molecule is C[C@@H](CN)CCN.O=C([O-])C1(C(=O)[O-])CCC1.[Pt+2]. The van der Waals surface area contributed by atoms with Crippen LogP contribution in [0, 0.1) is 11.3 Å². The van der Waals surface area contributed by atoms with Crippen molar-refractivity contribution < 1.29 is 40.9 Å². The fourth-order valence-electron chi connectivity index (χ4n) is 1.42. The molecule has 0 spiro atoms. The maximum atomic E-state index is 10.2. The fourth-order valence-corrected chi connectivity index (χ4v) is 1.42. The molecule has 1 fully saturated rings. The maximum Gasteiger partial charge on any atom is 2.00 e. The molecule has 7 heteroatoms. The number of carboxylic acids is 2. The molecule has 0 heterocycles. The molecule has 6 nitrogen and oxygen atoms in total. The number of nitrogens with two attached hydrogens (primary N) is 2. The van der Waals surface area contributed by atoms with E-state index in [0.717, 1.165) is 19.5 Å². The third-order valence-corrected chi connectivity index (χ3v) is 3.05. The van der Waals surface area contributed by atoms with Crippen LogP contribution >= 0.6 is 0 Å². The summed E-state index contributed by atoms with van der Waals surface area (Å²) in [5, 5.41) is 20.4. The Kier molecular flexibility index (Phi) is 10.5. The molecule has 1 aliphatic carbocycles. The maximum absolute atomic E-state index is 10.2. The number of aliphatic carboxylic acids is 2. The van der Waals surface area contributed by atoms with Crippen LogP contribution in [0.5, 0.6) is 0 Å². The number of carbonyl (C=O) groups is 2. The summed E-state index contributed by atoms with van der Waals surface area (Å²) in [7, 11) is 0. The van der Waals surface area contributed by atoms with Gasteiger partial charge in [0, 0.05) is 5.41 Å². The number of carbonyl (C=O) groups excluding carboxylic acids is 2. The number of hydrogen-bond donors (Lipinski definition) is 2. The molecule has 0 amide bonds. The van der Waals surface area contributed by atoms with Crippen LogP contribution in [-0.2, 0) is 30.7 Å². The summed E-state index contributed by atoms with van der Waals surface area (Å²) in [5.74, 6) is -2.43. The third kappa shape index (κ3) is 5.46. The molecule has 1 rings (SSSR count). The van der Waals surface area contributed by atoms with E-state index in [9.17, 15) is 19.8 Å². The van der Waals surface area contributed by atoms with E-state index in [0.29, 0.717) is 12.3 Å². The predicted octanol–water partition coefficient (Wildman–Crippen LogP) is -2.42. The minimum atomic E-state index is -1.67. The Balaban J connectivity index is 0. The summed E-state index contributed by atoms with van der Waals surface area (Å²) in [5.41, 5.74) is 8.89. The minimum absolute atomic E-state index is 0. The first-order valence-electron chi connectivity index (χ1n) is 5.73. The molecule has 0 radical (unpaired) electrons. The average Bonchev–Trinajstić information content (AvgIpc) is 2.15. The van der Waals surface area contributed by atoms with Crippen LogP contribution in [0.2, 0.25) is 0 Å². The Bertz CT molecular complexity index is 254. The van der Waals surface area contributed by atoms with E-state index in [1.807, 2.05) is 0 Å². The van der Waals surface area contributed by atoms with Crippen LogP contribution in [0.15, 0.2) is 0 Å². The van der Waals surface area contributed by atoms with E-state index in [-0.39, 0.29) is 33.9 Å². The van der Waals surface area contributed by atoms with Gasteiger partial charge in [0.15, 0.2) is 0 Å². The van der Waals surface area contributed by atoms with Gasteiger partial charge in [-0.3, -0.25) is 0 Å². The molecule has 0 aliphatic heterocycles. The summed E-state index contributed by atoms with van der Waals surface area (Å²) in [6.07, 6.45) is 1.98. The summed E-state index contributed by atoms with van der Waals surface area (Å²) < 4.78 is 0. The molecular weight excluding hydrogens is 419 g/mol. The van der Waals surface area contributed by atoms with Crippen LogP contribution in [0.25, 0.3) is 0 Å². The number of rotatable bonds is 5. The molecule has 18 heavy (non-hydrogen) atoms. The van der Waals surface area contributed by atoms with Crippen LogP contribution in [0.4, 0.5) is 0 Å². The molecular formula is C11H20N2O4Pt. The van der Waals surface area contributed by atoms with Crippen molar-refractivity contribution in [2.45, 2.75) is 32.6 Å². The van der Waals surface area contributed by atoms with Crippen molar-refractivity contribution in [3.05, 3.63) is 0 Å². The zero-order valence-corrected chi connectivity index (χ0v) is 12.7. The van der Waals surface area contributed by atoms with E-state index in [2.05, 4.69) is 6.92 Å². The molecule has 0 unspecified atom stereocenters. The van der Waals surface area contributed by atoms with Crippen molar-refractivity contribution >= 4 is 11.9 Å². The van der Waals surface area contributed by atoms with Gasteiger partial charge < -0.3 is 31.3 Å².